The van der Waals surface area contributed by atoms with Crippen LogP contribution in [0.2, 0.25) is 0 Å². The lowest BCUT2D eigenvalue weighted by atomic mass is 10.1. The highest BCUT2D eigenvalue weighted by Crippen LogP contribution is 2.31. The van der Waals surface area contributed by atoms with Crippen molar-refractivity contribution in [3.63, 3.8) is 0 Å². The Balaban J connectivity index is 1.22. The first kappa shape index (κ1) is 21.6. The van der Waals surface area contributed by atoms with Gasteiger partial charge in [0.15, 0.2) is 0 Å². The minimum absolute atomic E-state index is 0.213. The lowest BCUT2D eigenvalue weighted by Gasteiger charge is -2.26. The summed E-state index contributed by atoms with van der Waals surface area (Å²) in [4.78, 5) is 19.6. The van der Waals surface area contributed by atoms with Crippen LogP contribution < -0.4 is 5.32 Å². The molecule has 0 radical (unpaired) electrons. The van der Waals surface area contributed by atoms with Gasteiger partial charge in [0, 0.05) is 31.5 Å². The highest BCUT2D eigenvalue weighted by atomic mass is 16.5. The third-order valence-electron chi connectivity index (χ3n) is 6.75. The number of esters is 1. The van der Waals surface area contributed by atoms with Crippen LogP contribution in [0, 0.1) is 0 Å². The first-order valence-corrected chi connectivity index (χ1v) is 11.8. The van der Waals surface area contributed by atoms with Crippen molar-refractivity contribution in [1.29, 1.82) is 0 Å². The number of nitrogens with zero attached hydrogens (tertiary/aromatic N) is 4. The fraction of sp³-hybridized carbons (Fsp3) is 0.423. The summed E-state index contributed by atoms with van der Waals surface area (Å²) >= 11 is 0. The third kappa shape index (κ3) is 4.78. The quantitative estimate of drug-likeness (QED) is 0.561. The summed E-state index contributed by atoms with van der Waals surface area (Å²) in [7, 11) is 1.46. The van der Waals surface area contributed by atoms with Crippen LogP contribution in [0.5, 0.6) is 0 Å². The Hall–Kier alpha value is -3.19. The summed E-state index contributed by atoms with van der Waals surface area (Å²) in [6, 6.07) is 14.1. The van der Waals surface area contributed by atoms with Gasteiger partial charge in [-0.3, -0.25) is 9.58 Å². The molecule has 0 aliphatic carbocycles. The van der Waals surface area contributed by atoms with Crippen LogP contribution in [-0.4, -0.2) is 52.4 Å². The Morgan fingerprint density at radius 1 is 1.21 bits per heavy atom. The van der Waals surface area contributed by atoms with Gasteiger partial charge in [-0.25, -0.2) is 9.78 Å². The van der Waals surface area contributed by atoms with Crippen LogP contribution in [0.1, 0.15) is 47.3 Å². The molecule has 2 atom stereocenters. The summed E-state index contributed by atoms with van der Waals surface area (Å²) < 4.78 is 7.19. The van der Waals surface area contributed by atoms with Crippen molar-refractivity contribution in [3.05, 3.63) is 77.2 Å². The fourth-order valence-electron chi connectivity index (χ4n) is 4.95. The molecule has 7 nitrogen and oxygen atoms in total. The predicted molar refractivity (Wildman–Crippen MR) is 127 cm³/mol. The van der Waals surface area contributed by atoms with E-state index < -0.39 is 0 Å². The van der Waals surface area contributed by atoms with Gasteiger partial charge in [0.2, 0.25) is 0 Å². The Morgan fingerprint density at radius 3 is 2.94 bits per heavy atom. The van der Waals surface area contributed by atoms with E-state index in [9.17, 15) is 4.79 Å². The number of benzene rings is 1. The summed E-state index contributed by atoms with van der Waals surface area (Å²) in [5.41, 5.74) is 4.63. The lowest BCUT2D eigenvalue weighted by molar-refractivity contribution is -0.147. The van der Waals surface area contributed by atoms with Gasteiger partial charge in [-0.1, -0.05) is 36.4 Å². The molecule has 2 aliphatic heterocycles. The van der Waals surface area contributed by atoms with Crippen LogP contribution in [0.25, 0.3) is 0 Å². The largest absolute Gasteiger partial charge is 0.468 e. The van der Waals surface area contributed by atoms with E-state index in [2.05, 4.69) is 38.3 Å². The standard InChI is InChI=1S/C26H31N5O2/c1-33-26(32)24(20-6-3-2-4-7-20)30-15-13-23(18-30)31-17-19(16-28-31)9-11-22-12-10-21-8-5-14-27-25(21)29-22/h2-4,6-7,10,12,16-17,23-24H,5,8-9,11,13-15,18H2,1H3,(H,27,29). The molecule has 1 N–H and O–H groups in total. The Bertz CT molecular complexity index is 1100. The number of fused-ring (bicyclic) bond motifs is 1. The maximum Gasteiger partial charge on any atom is 0.327 e. The molecule has 2 aromatic heterocycles. The van der Waals surface area contributed by atoms with Gasteiger partial charge in [-0.2, -0.15) is 5.10 Å². The number of ether oxygens (including phenoxy) is 1. The fourth-order valence-corrected chi connectivity index (χ4v) is 4.95. The highest BCUT2D eigenvalue weighted by molar-refractivity contribution is 5.77. The maximum absolute atomic E-state index is 12.6. The van der Waals surface area contributed by atoms with Gasteiger partial charge >= 0.3 is 5.97 Å². The molecule has 0 amide bonds. The number of hydrogen-bond donors (Lipinski definition) is 1. The van der Waals surface area contributed by atoms with Gasteiger partial charge < -0.3 is 10.1 Å². The molecule has 1 aromatic carbocycles. The number of pyridine rings is 1. The summed E-state index contributed by atoms with van der Waals surface area (Å²) in [6.45, 7) is 2.62. The second-order valence-electron chi connectivity index (χ2n) is 8.94. The number of aryl methyl sites for hydroxylation is 3. The summed E-state index contributed by atoms with van der Waals surface area (Å²) in [5, 5.41) is 8.07. The normalized spacial score (nSPS) is 19.0. The van der Waals surface area contributed by atoms with Crippen LogP contribution in [0.15, 0.2) is 54.9 Å². The summed E-state index contributed by atoms with van der Waals surface area (Å²) in [5.74, 6) is 0.842. The number of hydrogen-bond acceptors (Lipinski definition) is 6. The van der Waals surface area contributed by atoms with Crippen molar-refractivity contribution in [1.82, 2.24) is 19.7 Å². The summed E-state index contributed by atoms with van der Waals surface area (Å²) in [6.07, 6.45) is 9.18. The van der Waals surface area contributed by atoms with Crippen molar-refractivity contribution >= 4 is 11.8 Å². The van der Waals surface area contributed by atoms with Gasteiger partial charge in [0.05, 0.1) is 19.3 Å². The van der Waals surface area contributed by atoms with E-state index in [1.54, 1.807) is 0 Å². The molecule has 4 heterocycles. The average Bonchev–Trinajstić information content (AvgIpc) is 3.53. The second-order valence-corrected chi connectivity index (χ2v) is 8.94. The van der Waals surface area contributed by atoms with Gasteiger partial charge in [-0.15, -0.1) is 0 Å². The second kappa shape index (κ2) is 9.75. The molecule has 1 saturated heterocycles. The van der Waals surface area contributed by atoms with Crippen molar-refractivity contribution in [3.8, 4) is 0 Å². The van der Waals surface area contributed by atoms with Crippen molar-refractivity contribution in [2.45, 2.75) is 44.2 Å². The zero-order valence-corrected chi connectivity index (χ0v) is 19.1. The van der Waals surface area contributed by atoms with Crippen molar-refractivity contribution < 1.29 is 9.53 Å². The zero-order chi connectivity index (χ0) is 22.6. The molecule has 0 bridgehead atoms. The number of methoxy groups -OCH3 is 1. The van der Waals surface area contributed by atoms with Crippen molar-refractivity contribution in [2.75, 3.05) is 32.1 Å². The molecule has 2 aliphatic rings. The van der Waals surface area contributed by atoms with E-state index in [4.69, 9.17) is 9.72 Å². The Kier molecular flexibility index (Phi) is 6.39. The zero-order valence-electron chi connectivity index (χ0n) is 19.1. The molecule has 2 unspecified atom stereocenters. The topological polar surface area (TPSA) is 72.3 Å². The molecule has 1 fully saturated rings. The van der Waals surface area contributed by atoms with Crippen LogP contribution in [0.3, 0.4) is 0 Å². The van der Waals surface area contributed by atoms with Crippen LogP contribution in [0.4, 0.5) is 5.82 Å². The molecular weight excluding hydrogens is 414 g/mol. The molecule has 3 aromatic rings. The van der Waals surface area contributed by atoms with E-state index in [0.29, 0.717) is 0 Å². The van der Waals surface area contributed by atoms with Crippen LogP contribution >= 0.6 is 0 Å². The molecule has 7 heteroatoms. The van der Waals surface area contributed by atoms with Crippen molar-refractivity contribution in [2.24, 2.45) is 0 Å². The Morgan fingerprint density at radius 2 is 2.09 bits per heavy atom. The van der Waals surface area contributed by atoms with E-state index in [1.165, 1.54) is 24.7 Å². The smallest absolute Gasteiger partial charge is 0.327 e. The SMILES string of the molecule is COC(=O)C(c1ccccc1)N1CCC(n2cc(CCc3ccc4c(n3)NCCC4)cn2)C1. The van der Waals surface area contributed by atoms with E-state index >= 15 is 0 Å². The number of nitrogens with one attached hydrogen (secondary N) is 1. The maximum atomic E-state index is 12.6. The molecule has 0 spiro atoms. The monoisotopic (exact) mass is 445 g/mol. The van der Waals surface area contributed by atoms with E-state index in [-0.39, 0.29) is 18.1 Å². The average molecular weight is 446 g/mol. The number of carbonyl (C=O) groups excluding carboxylic acids is 1. The number of aromatic nitrogens is 3. The lowest BCUT2D eigenvalue weighted by Crippen LogP contribution is -2.33. The first-order valence-electron chi connectivity index (χ1n) is 11.8. The molecule has 5 rings (SSSR count). The molecule has 33 heavy (non-hydrogen) atoms. The van der Waals surface area contributed by atoms with Gasteiger partial charge in [0.25, 0.3) is 0 Å². The van der Waals surface area contributed by atoms with Crippen LogP contribution in [-0.2, 0) is 28.8 Å². The highest BCUT2D eigenvalue weighted by Gasteiger charge is 2.35. The number of anilines is 1. The molecular formula is C26H31N5O2. The third-order valence-corrected chi connectivity index (χ3v) is 6.75. The van der Waals surface area contributed by atoms with Gasteiger partial charge in [-0.05, 0) is 54.9 Å². The van der Waals surface area contributed by atoms with E-state index in [1.807, 2.05) is 36.5 Å². The molecule has 172 valence electrons. The Labute approximate surface area is 194 Å². The first-order chi connectivity index (χ1) is 16.2. The minimum atomic E-state index is -0.375. The number of carbonyl (C=O) groups is 1. The predicted octanol–water partition coefficient (Wildman–Crippen LogP) is 3.58. The number of rotatable bonds is 7. The van der Waals surface area contributed by atoms with E-state index in [0.717, 1.165) is 62.4 Å². The number of likely N-dealkylation sites (tertiary alicyclic amines) is 1. The van der Waals surface area contributed by atoms with Gasteiger partial charge in [0.1, 0.15) is 11.9 Å². The minimum Gasteiger partial charge on any atom is -0.468 e. The molecule has 0 saturated carbocycles.